The molecular formula is C11H18N2O3. The first-order valence-electron chi connectivity index (χ1n) is 5.30. The van der Waals surface area contributed by atoms with Crippen LogP contribution in [0, 0.1) is 0 Å². The fraction of sp³-hybridized carbons (Fsp3) is 0.545. The van der Waals surface area contributed by atoms with E-state index in [0.29, 0.717) is 13.2 Å². The number of nitrogens with one attached hydrogen (secondary N) is 2. The van der Waals surface area contributed by atoms with E-state index in [9.17, 15) is 4.79 Å². The molecule has 1 saturated heterocycles. The molecule has 1 aliphatic heterocycles. The molecule has 5 nitrogen and oxygen atoms in total. The minimum atomic E-state index is -0.436. The Balaban J connectivity index is 2.36. The highest BCUT2D eigenvalue weighted by Crippen LogP contribution is 2.05. The van der Waals surface area contributed by atoms with Crippen molar-refractivity contribution in [1.29, 1.82) is 0 Å². The van der Waals surface area contributed by atoms with Crippen molar-refractivity contribution in [2.24, 2.45) is 0 Å². The van der Waals surface area contributed by atoms with Crippen molar-refractivity contribution >= 4 is 6.03 Å². The molecule has 90 valence electrons. The molecule has 1 rings (SSSR count). The Morgan fingerprint density at radius 1 is 1.06 bits per heavy atom. The Hall–Kier alpha value is -1.33. The SMILES string of the molecule is CC=CCOC1NC(=O)NC1OCC=CC. The van der Waals surface area contributed by atoms with Gasteiger partial charge in [0.05, 0.1) is 13.2 Å². The van der Waals surface area contributed by atoms with Crippen LogP contribution in [-0.4, -0.2) is 31.7 Å². The van der Waals surface area contributed by atoms with E-state index < -0.39 is 12.5 Å². The fourth-order valence-electron chi connectivity index (χ4n) is 1.22. The highest BCUT2D eigenvalue weighted by atomic mass is 16.6. The van der Waals surface area contributed by atoms with E-state index >= 15 is 0 Å². The number of hydrogen-bond acceptors (Lipinski definition) is 3. The zero-order valence-corrected chi connectivity index (χ0v) is 9.60. The first kappa shape index (κ1) is 12.7. The monoisotopic (exact) mass is 226 g/mol. The van der Waals surface area contributed by atoms with E-state index in [1.54, 1.807) is 0 Å². The first-order valence-corrected chi connectivity index (χ1v) is 5.30. The van der Waals surface area contributed by atoms with Crippen LogP contribution in [0.1, 0.15) is 13.8 Å². The number of rotatable bonds is 6. The molecule has 0 radical (unpaired) electrons. The van der Waals surface area contributed by atoms with E-state index in [1.165, 1.54) is 0 Å². The van der Waals surface area contributed by atoms with E-state index in [4.69, 9.17) is 9.47 Å². The summed E-state index contributed by atoms with van der Waals surface area (Å²) in [5, 5.41) is 5.27. The minimum Gasteiger partial charge on any atom is -0.350 e. The number of hydrogen-bond donors (Lipinski definition) is 2. The normalized spacial score (nSPS) is 25.2. The molecule has 2 atom stereocenters. The van der Waals surface area contributed by atoms with Gasteiger partial charge in [0.15, 0.2) is 12.5 Å². The molecular weight excluding hydrogens is 208 g/mol. The maximum absolute atomic E-state index is 11.1. The molecule has 2 N–H and O–H groups in total. The van der Waals surface area contributed by atoms with Gasteiger partial charge in [0, 0.05) is 0 Å². The van der Waals surface area contributed by atoms with Crippen LogP contribution in [0.5, 0.6) is 0 Å². The van der Waals surface area contributed by atoms with Gasteiger partial charge < -0.3 is 20.1 Å². The van der Waals surface area contributed by atoms with E-state index in [-0.39, 0.29) is 6.03 Å². The molecule has 1 aliphatic rings. The molecule has 1 fully saturated rings. The predicted molar refractivity (Wildman–Crippen MR) is 60.8 cm³/mol. The fourth-order valence-corrected chi connectivity index (χ4v) is 1.22. The molecule has 0 saturated carbocycles. The van der Waals surface area contributed by atoms with Crippen molar-refractivity contribution in [2.45, 2.75) is 26.3 Å². The Morgan fingerprint density at radius 3 is 1.88 bits per heavy atom. The lowest BCUT2D eigenvalue weighted by atomic mass is 10.5. The van der Waals surface area contributed by atoms with Crippen molar-refractivity contribution in [2.75, 3.05) is 13.2 Å². The average Bonchev–Trinajstić information content (AvgIpc) is 2.60. The quantitative estimate of drug-likeness (QED) is 0.668. The van der Waals surface area contributed by atoms with E-state index in [1.807, 2.05) is 38.2 Å². The number of ether oxygens (including phenoxy) is 2. The second-order valence-corrected chi connectivity index (χ2v) is 3.26. The van der Waals surface area contributed by atoms with Crippen LogP contribution < -0.4 is 10.6 Å². The summed E-state index contributed by atoms with van der Waals surface area (Å²) in [7, 11) is 0. The summed E-state index contributed by atoms with van der Waals surface area (Å²) in [4.78, 5) is 11.1. The van der Waals surface area contributed by atoms with Gasteiger partial charge in [-0.2, -0.15) is 0 Å². The molecule has 2 amide bonds. The molecule has 0 aromatic carbocycles. The Labute approximate surface area is 95.5 Å². The van der Waals surface area contributed by atoms with Crippen molar-refractivity contribution in [3.63, 3.8) is 0 Å². The third-order valence-corrected chi connectivity index (χ3v) is 2.04. The summed E-state index contributed by atoms with van der Waals surface area (Å²) in [5.74, 6) is 0. The molecule has 0 aromatic heterocycles. The second kappa shape index (κ2) is 7.03. The molecule has 0 spiro atoms. The third kappa shape index (κ3) is 4.04. The summed E-state index contributed by atoms with van der Waals surface area (Å²) in [5.41, 5.74) is 0. The van der Waals surface area contributed by atoms with Gasteiger partial charge >= 0.3 is 6.03 Å². The molecule has 16 heavy (non-hydrogen) atoms. The maximum atomic E-state index is 11.1. The molecule has 0 bridgehead atoms. The third-order valence-electron chi connectivity index (χ3n) is 2.04. The number of urea groups is 1. The number of carbonyl (C=O) groups is 1. The van der Waals surface area contributed by atoms with Gasteiger partial charge in [-0.05, 0) is 13.8 Å². The number of carbonyl (C=O) groups excluding carboxylic acids is 1. The van der Waals surface area contributed by atoms with Gasteiger partial charge in [0.1, 0.15) is 0 Å². The molecule has 0 aliphatic carbocycles. The smallest absolute Gasteiger partial charge is 0.319 e. The van der Waals surface area contributed by atoms with Crippen LogP contribution in [-0.2, 0) is 9.47 Å². The Morgan fingerprint density at radius 2 is 1.50 bits per heavy atom. The number of allylic oxidation sites excluding steroid dienone is 2. The summed E-state index contributed by atoms with van der Waals surface area (Å²) in [6.07, 6.45) is 6.64. The lowest BCUT2D eigenvalue weighted by Crippen LogP contribution is -2.38. The molecule has 2 unspecified atom stereocenters. The standard InChI is InChI=1S/C11H18N2O3/c1-3-5-7-15-9-10(13-11(14)12-9)16-8-6-4-2/h3-6,9-10H,7-8H2,1-2H3,(H2,12,13,14). The van der Waals surface area contributed by atoms with Crippen LogP contribution in [0.25, 0.3) is 0 Å². The largest absolute Gasteiger partial charge is 0.350 e. The minimum absolute atomic E-state index is 0.268. The van der Waals surface area contributed by atoms with Crippen LogP contribution in [0.3, 0.4) is 0 Å². The van der Waals surface area contributed by atoms with E-state index in [2.05, 4.69) is 10.6 Å². The van der Waals surface area contributed by atoms with E-state index in [0.717, 1.165) is 0 Å². The van der Waals surface area contributed by atoms with Crippen molar-refractivity contribution < 1.29 is 14.3 Å². The maximum Gasteiger partial charge on any atom is 0.319 e. The highest BCUT2D eigenvalue weighted by Gasteiger charge is 2.32. The number of amides is 2. The Bertz CT molecular complexity index is 250. The summed E-state index contributed by atoms with van der Waals surface area (Å²) < 4.78 is 10.9. The molecule has 1 heterocycles. The summed E-state index contributed by atoms with van der Waals surface area (Å²) >= 11 is 0. The topological polar surface area (TPSA) is 59.6 Å². The van der Waals surface area contributed by atoms with Crippen molar-refractivity contribution in [3.05, 3.63) is 24.3 Å². The van der Waals surface area contributed by atoms with Crippen molar-refractivity contribution in [3.8, 4) is 0 Å². The summed E-state index contributed by atoms with van der Waals surface area (Å²) in [6, 6.07) is -0.268. The predicted octanol–water partition coefficient (Wildman–Crippen LogP) is 1.14. The van der Waals surface area contributed by atoms with Gasteiger partial charge in [-0.15, -0.1) is 0 Å². The van der Waals surface area contributed by atoms with Crippen LogP contribution >= 0.6 is 0 Å². The molecule has 5 heteroatoms. The zero-order valence-electron chi connectivity index (χ0n) is 9.60. The summed E-state index contributed by atoms with van der Waals surface area (Å²) in [6.45, 7) is 4.73. The van der Waals surface area contributed by atoms with Gasteiger partial charge in [0.2, 0.25) is 0 Å². The van der Waals surface area contributed by atoms with Gasteiger partial charge in [-0.25, -0.2) is 4.79 Å². The van der Waals surface area contributed by atoms with Crippen LogP contribution in [0.2, 0.25) is 0 Å². The lowest BCUT2D eigenvalue weighted by Gasteiger charge is -2.17. The van der Waals surface area contributed by atoms with Gasteiger partial charge in [-0.1, -0.05) is 24.3 Å². The average molecular weight is 226 g/mol. The highest BCUT2D eigenvalue weighted by molar-refractivity contribution is 5.76. The first-order chi connectivity index (χ1) is 7.77. The second-order valence-electron chi connectivity index (χ2n) is 3.26. The molecule has 0 aromatic rings. The van der Waals surface area contributed by atoms with Gasteiger partial charge in [-0.3, -0.25) is 0 Å². The van der Waals surface area contributed by atoms with Crippen LogP contribution in [0.4, 0.5) is 4.79 Å². The zero-order chi connectivity index (χ0) is 11.8. The van der Waals surface area contributed by atoms with Crippen molar-refractivity contribution in [1.82, 2.24) is 10.6 Å². The van der Waals surface area contributed by atoms with Crippen LogP contribution in [0.15, 0.2) is 24.3 Å². The van der Waals surface area contributed by atoms with Gasteiger partial charge in [0.25, 0.3) is 0 Å². The Kier molecular flexibility index (Phi) is 5.60. The lowest BCUT2D eigenvalue weighted by molar-refractivity contribution is -0.0571.